The summed E-state index contributed by atoms with van der Waals surface area (Å²) in [6, 6.07) is 0.228. The molecule has 0 radical (unpaired) electrons. The molecule has 1 aliphatic rings. The van der Waals surface area contributed by atoms with E-state index in [0.717, 1.165) is 13.5 Å². The zero-order valence-electron chi connectivity index (χ0n) is 15.3. The molecule has 3 nitrogen and oxygen atoms in total. The van der Waals surface area contributed by atoms with Crippen molar-refractivity contribution in [1.82, 2.24) is 10.2 Å². The van der Waals surface area contributed by atoms with Crippen LogP contribution in [0.4, 0.5) is 26.3 Å². The fourth-order valence-electron chi connectivity index (χ4n) is 3.44. The van der Waals surface area contributed by atoms with E-state index in [2.05, 4.69) is 5.32 Å². The van der Waals surface area contributed by atoms with Crippen LogP contribution in [0, 0.1) is 0 Å². The van der Waals surface area contributed by atoms with Crippen LogP contribution in [-0.2, 0) is 12.4 Å². The highest BCUT2D eigenvalue weighted by molar-refractivity contribution is 5.48. The maximum absolute atomic E-state index is 13.7. The van der Waals surface area contributed by atoms with Crippen molar-refractivity contribution in [2.24, 2.45) is 0 Å². The molecule has 1 heterocycles. The van der Waals surface area contributed by atoms with Crippen LogP contribution in [-0.4, -0.2) is 38.2 Å². The van der Waals surface area contributed by atoms with Gasteiger partial charge in [-0.15, -0.1) is 0 Å². The number of nitrogens with one attached hydrogen (secondary N) is 1. The zero-order chi connectivity index (χ0) is 20.2. The molecule has 9 heteroatoms. The molecule has 1 saturated heterocycles. The minimum Gasteiger partial charge on any atom is -0.496 e. The maximum Gasteiger partial charge on any atom is 0.416 e. The molecule has 0 bridgehead atoms. The second-order valence-electron chi connectivity index (χ2n) is 6.58. The fraction of sp³-hybridized carbons (Fsp3) is 0.667. The Kier molecular flexibility index (Phi) is 7.02. The van der Waals surface area contributed by atoms with Gasteiger partial charge in [-0.2, -0.15) is 26.3 Å². The maximum atomic E-state index is 13.7. The van der Waals surface area contributed by atoms with Gasteiger partial charge in [-0.3, -0.25) is 4.90 Å². The van der Waals surface area contributed by atoms with Gasteiger partial charge in [-0.1, -0.05) is 19.8 Å². The quantitative estimate of drug-likeness (QED) is 0.692. The Morgan fingerprint density at radius 3 is 2.19 bits per heavy atom. The molecule has 0 spiro atoms. The minimum atomic E-state index is -4.91. The number of hydrogen-bond donors (Lipinski definition) is 1. The number of alkyl halides is 6. The Balaban J connectivity index is 2.64. The normalized spacial score (nSPS) is 17.8. The average Bonchev–Trinajstić information content (AvgIpc) is 2.61. The van der Waals surface area contributed by atoms with Crippen LogP contribution in [0.1, 0.15) is 48.9 Å². The Hall–Kier alpha value is -1.48. The second-order valence-corrected chi connectivity index (χ2v) is 6.58. The van der Waals surface area contributed by atoms with Crippen molar-refractivity contribution in [2.75, 3.05) is 33.3 Å². The van der Waals surface area contributed by atoms with Crippen molar-refractivity contribution in [3.05, 3.63) is 28.8 Å². The van der Waals surface area contributed by atoms with E-state index in [-0.39, 0.29) is 17.4 Å². The highest BCUT2D eigenvalue weighted by atomic mass is 19.4. The molecule has 1 fully saturated rings. The van der Waals surface area contributed by atoms with Crippen molar-refractivity contribution in [3.63, 3.8) is 0 Å². The molecule has 0 aromatic heterocycles. The molecule has 0 unspecified atom stereocenters. The first-order chi connectivity index (χ1) is 12.6. The van der Waals surface area contributed by atoms with Crippen molar-refractivity contribution in [3.8, 4) is 5.75 Å². The fourth-order valence-corrected chi connectivity index (χ4v) is 3.44. The average molecular weight is 398 g/mol. The van der Waals surface area contributed by atoms with Crippen LogP contribution in [0.2, 0.25) is 0 Å². The van der Waals surface area contributed by atoms with Gasteiger partial charge in [-0.25, -0.2) is 0 Å². The summed E-state index contributed by atoms with van der Waals surface area (Å²) in [5, 5.41) is 3.14. The first-order valence-electron chi connectivity index (χ1n) is 8.90. The van der Waals surface area contributed by atoms with E-state index in [9.17, 15) is 26.3 Å². The van der Waals surface area contributed by atoms with Gasteiger partial charge >= 0.3 is 12.4 Å². The third kappa shape index (κ3) is 5.28. The van der Waals surface area contributed by atoms with Gasteiger partial charge in [0.2, 0.25) is 0 Å². The van der Waals surface area contributed by atoms with Crippen LogP contribution >= 0.6 is 0 Å². The largest absolute Gasteiger partial charge is 0.496 e. The van der Waals surface area contributed by atoms with E-state index in [4.69, 9.17) is 4.74 Å². The second kappa shape index (κ2) is 8.68. The lowest BCUT2D eigenvalue weighted by Gasteiger charge is -2.37. The van der Waals surface area contributed by atoms with Crippen LogP contribution in [0.3, 0.4) is 0 Å². The molecule has 1 N–H and O–H groups in total. The van der Waals surface area contributed by atoms with Gasteiger partial charge in [0.15, 0.2) is 0 Å². The number of unbranched alkanes of at least 4 members (excludes halogenated alkanes) is 1. The number of rotatable bonds is 6. The topological polar surface area (TPSA) is 24.5 Å². The van der Waals surface area contributed by atoms with Crippen molar-refractivity contribution in [1.29, 1.82) is 0 Å². The van der Waals surface area contributed by atoms with Crippen LogP contribution in [0.25, 0.3) is 0 Å². The van der Waals surface area contributed by atoms with E-state index in [1.165, 1.54) is 0 Å². The lowest BCUT2D eigenvalue weighted by Crippen LogP contribution is -2.45. The van der Waals surface area contributed by atoms with E-state index in [1.54, 1.807) is 0 Å². The third-order valence-corrected chi connectivity index (χ3v) is 4.75. The molecule has 2 rings (SSSR count). The highest BCUT2D eigenvalue weighted by Crippen LogP contribution is 2.46. The molecule has 1 aliphatic heterocycles. The third-order valence-electron chi connectivity index (χ3n) is 4.75. The van der Waals surface area contributed by atoms with Gasteiger partial charge in [0, 0.05) is 37.8 Å². The molecule has 0 amide bonds. The smallest absolute Gasteiger partial charge is 0.416 e. The molecule has 27 heavy (non-hydrogen) atoms. The van der Waals surface area contributed by atoms with Gasteiger partial charge in [0.05, 0.1) is 18.2 Å². The molecular weight excluding hydrogens is 374 g/mol. The number of methoxy groups -OCH3 is 1. The van der Waals surface area contributed by atoms with Crippen LogP contribution < -0.4 is 10.1 Å². The number of piperazine rings is 1. The number of nitrogens with zero attached hydrogens (tertiary/aromatic N) is 1. The Bertz CT molecular complexity index is 624. The van der Waals surface area contributed by atoms with E-state index < -0.39 is 29.5 Å². The summed E-state index contributed by atoms with van der Waals surface area (Å²) in [5.41, 5.74) is -2.83. The van der Waals surface area contributed by atoms with E-state index >= 15 is 0 Å². The summed E-state index contributed by atoms with van der Waals surface area (Å²) in [6.45, 7) is 4.20. The number of ether oxygens (including phenoxy) is 1. The molecule has 1 atom stereocenters. The molecule has 1 aromatic rings. The predicted octanol–water partition coefficient (Wildman–Crippen LogP) is 4.87. The zero-order valence-corrected chi connectivity index (χ0v) is 15.3. The van der Waals surface area contributed by atoms with E-state index in [1.807, 2.05) is 11.8 Å². The molecule has 0 saturated carbocycles. The summed E-state index contributed by atoms with van der Waals surface area (Å²) in [6.07, 6.45) is -7.95. The summed E-state index contributed by atoms with van der Waals surface area (Å²) < 4.78 is 85.6. The SMILES string of the molecule is CCCC[C@H](c1c(OC)cc(C(F)(F)F)cc1C(F)(F)F)N1CCNCC1. The van der Waals surface area contributed by atoms with Gasteiger partial charge in [-0.05, 0) is 18.6 Å². The van der Waals surface area contributed by atoms with Gasteiger partial charge in [0.25, 0.3) is 0 Å². The van der Waals surface area contributed by atoms with Crippen molar-refractivity contribution in [2.45, 2.75) is 44.6 Å². The standard InChI is InChI=1S/C18H24F6N2O/c1-3-4-5-14(26-8-6-25-7-9-26)16-13(18(22,23)24)10-12(17(19,20)21)11-15(16)27-2/h10-11,14,25H,3-9H2,1-2H3/t14-/m1/s1. The first-order valence-corrected chi connectivity index (χ1v) is 8.90. The number of hydrogen-bond acceptors (Lipinski definition) is 3. The van der Waals surface area contributed by atoms with Crippen molar-refractivity contribution >= 4 is 0 Å². The van der Waals surface area contributed by atoms with Crippen molar-refractivity contribution < 1.29 is 31.1 Å². The van der Waals surface area contributed by atoms with Crippen LogP contribution in [0.15, 0.2) is 12.1 Å². The monoisotopic (exact) mass is 398 g/mol. The van der Waals surface area contributed by atoms with Gasteiger partial charge in [0.1, 0.15) is 5.75 Å². The molecule has 154 valence electrons. The highest BCUT2D eigenvalue weighted by Gasteiger charge is 2.42. The molecule has 1 aromatic carbocycles. The van der Waals surface area contributed by atoms with E-state index in [0.29, 0.717) is 45.1 Å². The minimum absolute atomic E-state index is 0.201. The summed E-state index contributed by atoms with van der Waals surface area (Å²) in [7, 11) is 1.10. The summed E-state index contributed by atoms with van der Waals surface area (Å²) in [4.78, 5) is 1.90. The molecule has 0 aliphatic carbocycles. The Morgan fingerprint density at radius 1 is 1.07 bits per heavy atom. The summed E-state index contributed by atoms with van der Waals surface area (Å²) in [5.74, 6) is -0.364. The Labute approximate surface area is 154 Å². The number of benzene rings is 1. The Morgan fingerprint density at radius 2 is 1.70 bits per heavy atom. The summed E-state index contributed by atoms with van der Waals surface area (Å²) >= 11 is 0. The first kappa shape index (κ1) is 21.8. The molecular formula is C18H24F6N2O. The number of halogens is 6. The van der Waals surface area contributed by atoms with Gasteiger partial charge < -0.3 is 10.1 Å². The predicted molar refractivity (Wildman–Crippen MR) is 89.7 cm³/mol. The lowest BCUT2D eigenvalue weighted by molar-refractivity contribution is -0.144. The van der Waals surface area contributed by atoms with Crippen LogP contribution in [0.5, 0.6) is 5.75 Å². The lowest BCUT2D eigenvalue weighted by atomic mass is 9.91.